The average Bonchev–Trinajstić information content (AvgIpc) is 3.42. The van der Waals surface area contributed by atoms with E-state index in [9.17, 15) is 22.8 Å². The number of halogens is 3. The lowest BCUT2D eigenvalue weighted by atomic mass is 10.0. The molecule has 29 heavy (non-hydrogen) atoms. The fourth-order valence-electron chi connectivity index (χ4n) is 4.23. The van der Waals surface area contributed by atoms with Crippen LogP contribution in [0, 0.1) is 5.92 Å². The van der Waals surface area contributed by atoms with Crippen molar-refractivity contribution in [3.63, 3.8) is 0 Å². The summed E-state index contributed by atoms with van der Waals surface area (Å²) in [5, 5.41) is 4.04. The molecule has 0 aliphatic carbocycles. The van der Waals surface area contributed by atoms with Crippen LogP contribution in [0.4, 0.5) is 13.2 Å². The van der Waals surface area contributed by atoms with Crippen molar-refractivity contribution >= 4 is 23.2 Å². The van der Waals surface area contributed by atoms with Crippen LogP contribution in [0.25, 0.3) is 0 Å². The summed E-state index contributed by atoms with van der Waals surface area (Å²) in [4.78, 5) is 28.9. The molecule has 2 aliphatic rings. The van der Waals surface area contributed by atoms with Gasteiger partial charge in [0.2, 0.25) is 11.8 Å². The van der Waals surface area contributed by atoms with Gasteiger partial charge >= 0.3 is 6.18 Å². The highest BCUT2D eigenvalue weighted by Crippen LogP contribution is 2.36. The zero-order chi connectivity index (χ0) is 20.6. The zero-order valence-electron chi connectivity index (χ0n) is 15.7. The van der Waals surface area contributed by atoms with Gasteiger partial charge in [0.15, 0.2) is 0 Å². The lowest BCUT2D eigenvalue weighted by molar-refractivity contribution is -0.138. The second-order valence-electron chi connectivity index (χ2n) is 7.62. The maximum absolute atomic E-state index is 13.1. The molecule has 4 nitrogen and oxygen atoms in total. The molecule has 2 amide bonds. The first-order chi connectivity index (χ1) is 13.8. The van der Waals surface area contributed by atoms with Gasteiger partial charge in [-0.1, -0.05) is 12.1 Å². The monoisotopic (exact) mass is 422 g/mol. The SMILES string of the molecule is O=C1C[C@@H](C(=O)N2CCC[C@@H]2c2ccsc2)CN1Cc1cccc(C(F)(F)F)c1. The number of benzene rings is 1. The Labute approximate surface area is 170 Å². The summed E-state index contributed by atoms with van der Waals surface area (Å²) in [5.74, 6) is -0.654. The molecular formula is C21H21F3N2O2S. The lowest BCUT2D eigenvalue weighted by Crippen LogP contribution is -2.36. The fraction of sp³-hybridized carbons (Fsp3) is 0.429. The van der Waals surface area contributed by atoms with Crippen molar-refractivity contribution < 1.29 is 22.8 Å². The molecule has 1 aromatic heterocycles. The first-order valence-electron chi connectivity index (χ1n) is 9.59. The van der Waals surface area contributed by atoms with E-state index in [1.807, 2.05) is 16.3 Å². The van der Waals surface area contributed by atoms with E-state index in [4.69, 9.17) is 0 Å². The Bertz CT molecular complexity index is 898. The molecule has 0 bridgehead atoms. The van der Waals surface area contributed by atoms with Gasteiger partial charge in [-0.05, 0) is 52.9 Å². The topological polar surface area (TPSA) is 40.6 Å². The van der Waals surface area contributed by atoms with E-state index in [1.165, 1.54) is 11.0 Å². The van der Waals surface area contributed by atoms with Gasteiger partial charge in [-0.25, -0.2) is 0 Å². The number of hydrogen-bond acceptors (Lipinski definition) is 3. The van der Waals surface area contributed by atoms with Gasteiger partial charge in [-0.3, -0.25) is 9.59 Å². The highest BCUT2D eigenvalue weighted by atomic mass is 32.1. The summed E-state index contributed by atoms with van der Waals surface area (Å²) in [6.07, 6.45) is -2.46. The molecule has 154 valence electrons. The van der Waals surface area contributed by atoms with Gasteiger partial charge < -0.3 is 9.80 Å². The Balaban J connectivity index is 1.43. The number of rotatable bonds is 4. The normalized spacial score (nSPS) is 22.5. The Hall–Kier alpha value is -2.35. The summed E-state index contributed by atoms with van der Waals surface area (Å²) in [6.45, 7) is 1.01. The Morgan fingerprint density at radius 2 is 2.07 bits per heavy atom. The Morgan fingerprint density at radius 3 is 2.79 bits per heavy atom. The molecule has 0 N–H and O–H groups in total. The van der Waals surface area contributed by atoms with Crippen LogP contribution in [-0.4, -0.2) is 34.7 Å². The lowest BCUT2D eigenvalue weighted by Gasteiger charge is -2.27. The maximum atomic E-state index is 13.1. The predicted octanol–water partition coefficient (Wildman–Crippen LogP) is 4.48. The number of carbonyl (C=O) groups excluding carboxylic acids is 2. The number of amides is 2. The second-order valence-corrected chi connectivity index (χ2v) is 8.40. The number of hydrogen-bond donors (Lipinski definition) is 0. The number of nitrogens with zero attached hydrogens (tertiary/aromatic N) is 2. The second kappa shape index (κ2) is 7.82. The quantitative estimate of drug-likeness (QED) is 0.729. The maximum Gasteiger partial charge on any atom is 0.416 e. The highest BCUT2D eigenvalue weighted by molar-refractivity contribution is 7.08. The van der Waals surface area contributed by atoms with Gasteiger partial charge in [-0.2, -0.15) is 24.5 Å². The van der Waals surface area contributed by atoms with E-state index in [0.29, 0.717) is 12.1 Å². The number of alkyl halides is 3. The third-order valence-electron chi connectivity index (χ3n) is 5.66. The third kappa shape index (κ3) is 4.17. The molecular weight excluding hydrogens is 401 g/mol. The van der Waals surface area contributed by atoms with Gasteiger partial charge in [-0.15, -0.1) is 0 Å². The first-order valence-corrected chi connectivity index (χ1v) is 10.5. The van der Waals surface area contributed by atoms with Crippen molar-refractivity contribution in [1.29, 1.82) is 0 Å². The van der Waals surface area contributed by atoms with Gasteiger partial charge in [0.1, 0.15) is 0 Å². The number of carbonyl (C=O) groups is 2. The fourth-order valence-corrected chi connectivity index (χ4v) is 4.94. The predicted molar refractivity (Wildman–Crippen MR) is 103 cm³/mol. The molecule has 0 unspecified atom stereocenters. The van der Waals surface area contributed by atoms with Crippen LogP contribution in [0.15, 0.2) is 41.1 Å². The largest absolute Gasteiger partial charge is 0.416 e. The Morgan fingerprint density at radius 1 is 1.24 bits per heavy atom. The van der Waals surface area contributed by atoms with Crippen LogP contribution < -0.4 is 0 Å². The van der Waals surface area contributed by atoms with Crippen molar-refractivity contribution in [3.05, 3.63) is 57.8 Å². The minimum absolute atomic E-state index is 0.0291. The van der Waals surface area contributed by atoms with Crippen LogP contribution in [0.5, 0.6) is 0 Å². The summed E-state index contributed by atoms with van der Waals surface area (Å²) < 4.78 is 38.8. The summed E-state index contributed by atoms with van der Waals surface area (Å²) in [7, 11) is 0. The summed E-state index contributed by atoms with van der Waals surface area (Å²) >= 11 is 1.60. The molecule has 2 aromatic rings. The zero-order valence-corrected chi connectivity index (χ0v) is 16.5. The average molecular weight is 422 g/mol. The standard InChI is InChI=1S/C21H21F3N2O2S/c22-21(23,24)17-4-1-3-14(9-17)11-25-12-16(10-19(25)27)20(28)26-7-2-5-18(26)15-6-8-29-13-15/h1,3-4,6,8-9,13,16,18H,2,5,7,10-12H2/t16-,18-/m1/s1. The van der Waals surface area contributed by atoms with Gasteiger partial charge in [0, 0.05) is 26.1 Å². The molecule has 0 saturated carbocycles. The van der Waals surface area contributed by atoms with Gasteiger partial charge in [0.25, 0.3) is 0 Å². The molecule has 0 spiro atoms. The Kier molecular flexibility index (Phi) is 5.38. The third-order valence-corrected chi connectivity index (χ3v) is 6.36. The van der Waals surface area contributed by atoms with Crippen LogP contribution >= 0.6 is 11.3 Å². The molecule has 2 fully saturated rings. The molecule has 1 aromatic carbocycles. The van der Waals surface area contributed by atoms with Crippen molar-refractivity contribution in [3.8, 4) is 0 Å². The van der Waals surface area contributed by atoms with E-state index in [-0.39, 0.29) is 37.4 Å². The van der Waals surface area contributed by atoms with E-state index in [2.05, 4.69) is 5.38 Å². The minimum atomic E-state index is -4.42. The van der Waals surface area contributed by atoms with Crippen LogP contribution in [0.1, 0.15) is 42.0 Å². The molecule has 0 radical (unpaired) electrons. The van der Waals surface area contributed by atoms with Gasteiger partial charge in [0.05, 0.1) is 17.5 Å². The van der Waals surface area contributed by atoms with E-state index in [0.717, 1.165) is 30.5 Å². The molecule has 8 heteroatoms. The van der Waals surface area contributed by atoms with Crippen LogP contribution in [0.3, 0.4) is 0 Å². The van der Waals surface area contributed by atoms with E-state index >= 15 is 0 Å². The van der Waals surface area contributed by atoms with Crippen molar-refractivity contribution in [1.82, 2.24) is 9.80 Å². The van der Waals surface area contributed by atoms with Crippen LogP contribution in [0.2, 0.25) is 0 Å². The molecule has 2 aliphatic heterocycles. The first kappa shape index (κ1) is 19.9. The van der Waals surface area contributed by atoms with Crippen molar-refractivity contribution in [2.24, 2.45) is 5.92 Å². The smallest absolute Gasteiger partial charge is 0.338 e. The summed E-state index contributed by atoms with van der Waals surface area (Å²) in [5.41, 5.74) is 0.814. The van der Waals surface area contributed by atoms with Crippen LogP contribution in [-0.2, 0) is 22.3 Å². The highest BCUT2D eigenvalue weighted by Gasteiger charge is 2.40. The summed E-state index contributed by atoms with van der Waals surface area (Å²) in [6, 6.07) is 7.08. The number of thiophene rings is 1. The van der Waals surface area contributed by atoms with Crippen molar-refractivity contribution in [2.45, 2.75) is 38.0 Å². The van der Waals surface area contributed by atoms with E-state index < -0.39 is 17.7 Å². The number of likely N-dealkylation sites (tertiary alicyclic amines) is 2. The minimum Gasteiger partial charge on any atom is -0.338 e. The molecule has 4 rings (SSSR count). The molecule has 2 saturated heterocycles. The molecule has 3 heterocycles. The van der Waals surface area contributed by atoms with Crippen molar-refractivity contribution in [2.75, 3.05) is 13.1 Å². The molecule has 2 atom stereocenters. The van der Waals surface area contributed by atoms with E-state index in [1.54, 1.807) is 17.4 Å².